The van der Waals surface area contributed by atoms with E-state index in [0.29, 0.717) is 24.0 Å². The number of piperidine rings is 1. The van der Waals surface area contributed by atoms with Crippen LogP contribution in [0.15, 0.2) is 40.8 Å². The molecule has 0 radical (unpaired) electrons. The number of sulfonamides is 1. The van der Waals surface area contributed by atoms with Crippen molar-refractivity contribution >= 4 is 50.8 Å². The molecule has 2 atom stereocenters. The summed E-state index contributed by atoms with van der Waals surface area (Å²) >= 11 is 1.15. The number of Topliss-reactive ketones (excluding diaryl/α,β-unsaturated/α-hetero) is 1. The number of nitrogens with one attached hydrogen (secondary N) is 3. The lowest BCUT2D eigenvalue weighted by Gasteiger charge is -2.32. The van der Waals surface area contributed by atoms with Gasteiger partial charge in [-0.15, -0.1) is 11.3 Å². The number of rotatable bonds is 14. The number of hydrogen-bond donors (Lipinski definition) is 6. The van der Waals surface area contributed by atoms with Gasteiger partial charge in [0.1, 0.15) is 11.9 Å². The maximum absolute atomic E-state index is 13.1. The van der Waals surface area contributed by atoms with Crippen molar-refractivity contribution in [3.05, 3.63) is 52.0 Å². The Bertz CT molecular complexity index is 1340. The van der Waals surface area contributed by atoms with E-state index in [1.54, 1.807) is 29.6 Å². The van der Waals surface area contributed by atoms with E-state index in [1.807, 2.05) is 0 Å². The highest BCUT2D eigenvalue weighted by atomic mass is 32.2. The maximum Gasteiger partial charge on any atom is 0.241 e. The summed E-state index contributed by atoms with van der Waals surface area (Å²) in [6, 6.07) is 4.29. The number of benzene rings is 1. The summed E-state index contributed by atoms with van der Waals surface area (Å²) < 4.78 is 28.0. The number of nitrogens with two attached hydrogens (primary N) is 3. The Kier molecular flexibility index (Phi) is 10.7. The fourth-order valence-electron chi connectivity index (χ4n) is 4.14. The number of amides is 2. The highest BCUT2D eigenvalue weighted by Gasteiger charge is 2.33. The first kappa shape index (κ1) is 30.6. The molecule has 1 aliphatic rings. The smallest absolute Gasteiger partial charge is 0.241 e. The second kappa shape index (κ2) is 14.0. The average molecular weight is 592 g/mol. The zero-order chi connectivity index (χ0) is 29.3. The summed E-state index contributed by atoms with van der Waals surface area (Å²) in [7, 11) is -3.89. The molecule has 0 aliphatic carbocycles. The number of nitrogen functional groups attached to an aromatic ring is 1. The molecule has 1 aromatic carbocycles. The number of ketones is 1. The van der Waals surface area contributed by atoms with Crippen LogP contribution in [0.25, 0.3) is 0 Å². The number of nitrogens with zero attached hydrogens (tertiary/aromatic N) is 3. The van der Waals surface area contributed by atoms with Crippen LogP contribution in [0.1, 0.15) is 46.6 Å². The van der Waals surface area contributed by atoms with Crippen LogP contribution >= 0.6 is 11.3 Å². The van der Waals surface area contributed by atoms with E-state index in [-0.39, 0.29) is 60.8 Å². The second-order valence-electron chi connectivity index (χ2n) is 9.21. The standard InChI is InChI=1S/C24H33N9O5S2/c25-21(26)16-7-5-15(6-8-16)14-40(37,38)32-18-4-2-11-33(23(18)36)13-19(34)31-17(3-1-9-30-24(27)28)20(35)22-29-10-12-39-22/h5-8,10,12,17-18,32H,1-4,9,11,13-14H2,(H3,25,26)(H,31,34)(H4,27,28,30)/t17-,18-/m0/s1. The van der Waals surface area contributed by atoms with Gasteiger partial charge < -0.3 is 27.4 Å². The number of carbonyl (C=O) groups is 3. The highest BCUT2D eigenvalue weighted by Crippen LogP contribution is 2.16. The Labute approximate surface area is 236 Å². The van der Waals surface area contributed by atoms with Gasteiger partial charge in [0.15, 0.2) is 11.0 Å². The largest absolute Gasteiger partial charge is 0.384 e. The van der Waals surface area contributed by atoms with Gasteiger partial charge in [-0.25, -0.2) is 18.1 Å². The van der Waals surface area contributed by atoms with E-state index in [2.05, 4.69) is 20.0 Å². The fourth-order valence-corrected chi connectivity index (χ4v) is 6.14. The van der Waals surface area contributed by atoms with Crippen LogP contribution in [0, 0.1) is 5.41 Å². The Morgan fingerprint density at radius 1 is 1.23 bits per heavy atom. The van der Waals surface area contributed by atoms with E-state index >= 15 is 0 Å². The molecule has 40 heavy (non-hydrogen) atoms. The molecule has 1 aromatic heterocycles. The van der Waals surface area contributed by atoms with Crippen molar-refractivity contribution in [2.75, 3.05) is 19.6 Å². The third-order valence-corrected chi connectivity index (χ3v) is 8.19. The molecule has 2 aromatic rings. The van der Waals surface area contributed by atoms with Crippen molar-refractivity contribution in [2.45, 2.75) is 43.5 Å². The van der Waals surface area contributed by atoms with Gasteiger partial charge >= 0.3 is 0 Å². The first-order valence-electron chi connectivity index (χ1n) is 12.5. The maximum atomic E-state index is 13.1. The molecule has 0 unspecified atom stereocenters. The highest BCUT2D eigenvalue weighted by molar-refractivity contribution is 7.88. The van der Waals surface area contributed by atoms with Gasteiger partial charge in [0.2, 0.25) is 27.6 Å². The summed E-state index contributed by atoms with van der Waals surface area (Å²) in [5, 5.41) is 12.0. The third-order valence-electron chi connectivity index (χ3n) is 6.05. The molecule has 16 heteroatoms. The molecule has 3 rings (SSSR count). The number of amidine groups is 1. The minimum atomic E-state index is -3.89. The van der Waals surface area contributed by atoms with Crippen LogP contribution in [0.2, 0.25) is 0 Å². The molecule has 0 bridgehead atoms. The van der Waals surface area contributed by atoms with E-state index < -0.39 is 33.9 Å². The average Bonchev–Trinajstić information content (AvgIpc) is 3.43. The minimum absolute atomic E-state index is 0.0773. The van der Waals surface area contributed by atoms with Crippen molar-refractivity contribution in [2.24, 2.45) is 22.2 Å². The van der Waals surface area contributed by atoms with Gasteiger partial charge in [-0.05, 0) is 31.2 Å². The molecule has 2 heterocycles. The Morgan fingerprint density at radius 3 is 2.58 bits per heavy atom. The Morgan fingerprint density at radius 2 is 1.95 bits per heavy atom. The number of hydrogen-bond acceptors (Lipinski definition) is 9. The van der Waals surface area contributed by atoms with Crippen molar-refractivity contribution in [1.82, 2.24) is 19.9 Å². The summed E-state index contributed by atoms with van der Waals surface area (Å²) in [6.45, 7) is 0.207. The number of aromatic nitrogens is 1. The number of likely N-dealkylation sites (tertiary alicyclic amines) is 1. The van der Waals surface area contributed by atoms with Gasteiger partial charge in [-0.1, -0.05) is 24.3 Å². The van der Waals surface area contributed by atoms with Crippen LogP contribution in [-0.2, 0) is 25.4 Å². The van der Waals surface area contributed by atoms with Gasteiger partial charge in [-0.2, -0.15) is 0 Å². The number of carbonyl (C=O) groups excluding carboxylic acids is 3. The van der Waals surface area contributed by atoms with Crippen LogP contribution in [-0.4, -0.2) is 79.4 Å². The second-order valence-corrected chi connectivity index (χ2v) is 11.9. The summed E-state index contributed by atoms with van der Waals surface area (Å²) in [6.07, 6.45) is 2.94. The predicted molar refractivity (Wildman–Crippen MR) is 151 cm³/mol. The number of thiazole rings is 1. The zero-order valence-electron chi connectivity index (χ0n) is 21.7. The van der Waals surface area contributed by atoms with E-state index in [1.165, 1.54) is 11.1 Å². The molecule has 1 aliphatic heterocycles. The fraction of sp³-hybridized carbons (Fsp3) is 0.417. The van der Waals surface area contributed by atoms with Crippen molar-refractivity contribution in [1.29, 1.82) is 5.41 Å². The molecular formula is C24H33N9O5S2. The van der Waals surface area contributed by atoms with Crippen molar-refractivity contribution in [3.8, 4) is 0 Å². The summed E-state index contributed by atoms with van der Waals surface area (Å²) in [5.41, 5.74) is 17.0. The van der Waals surface area contributed by atoms with Crippen LogP contribution < -0.4 is 27.2 Å². The van der Waals surface area contributed by atoms with Crippen LogP contribution in [0.3, 0.4) is 0 Å². The molecule has 2 amide bonds. The lowest BCUT2D eigenvalue weighted by Crippen LogP contribution is -2.55. The van der Waals surface area contributed by atoms with Gasteiger partial charge in [0.25, 0.3) is 0 Å². The Balaban J connectivity index is 1.59. The third kappa shape index (κ3) is 9.10. The van der Waals surface area contributed by atoms with Crippen LogP contribution in [0.5, 0.6) is 0 Å². The van der Waals surface area contributed by atoms with E-state index in [9.17, 15) is 22.8 Å². The first-order chi connectivity index (χ1) is 18.9. The molecule has 0 saturated carbocycles. The lowest BCUT2D eigenvalue weighted by atomic mass is 10.1. The van der Waals surface area contributed by atoms with Crippen molar-refractivity contribution < 1.29 is 22.8 Å². The van der Waals surface area contributed by atoms with Gasteiger partial charge in [0, 0.05) is 30.2 Å². The molecule has 0 spiro atoms. The first-order valence-corrected chi connectivity index (χ1v) is 15.0. The minimum Gasteiger partial charge on any atom is -0.384 e. The number of guanidine groups is 1. The molecule has 1 fully saturated rings. The summed E-state index contributed by atoms with van der Waals surface area (Å²) in [5.74, 6) is -2.01. The monoisotopic (exact) mass is 591 g/mol. The zero-order valence-corrected chi connectivity index (χ0v) is 23.3. The van der Waals surface area contributed by atoms with Crippen molar-refractivity contribution in [3.63, 3.8) is 0 Å². The molecule has 14 nitrogen and oxygen atoms in total. The SMILES string of the molecule is N=C(N)c1ccc(CS(=O)(=O)N[C@H]2CCCN(CC(=O)N[C@@H](CCCN=C(N)N)C(=O)c3nccs3)C2=O)cc1. The molecule has 216 valence electrons. The molecular weight excluding hydrogens is 558 g/mol. The van der Waals surface area contributed by atoms with Gasteiger partial charge in [0.05, 0.1) is 18.3 Å². The summed E-state index contributed by atoms with van der Waals surface area (Å²) in [4.78, 5) is 48.0. The molecule has 1 saturated heterocycles. The van der Waals surface area contributed by atoms with Gasteiger partial charge in [-0.3, -0.25) is 24.8 Å². The lowest BCUT2D eigenvalue weighted by molar-refractivity contribution is -0.139. The topological polar surface area (TPSA) is 240 Å². The van der Waals surface area contributed by atoms with E-state index in [0.717, 1.165) is 11.3 Å². The Hall–Kier alpha value is -3.89. The molecule has 9 N–H and O–H groups in total. The quantitative estimate of drug-likeness (QED) is 0.0700. The normalized spacial score (nSPS) is 16.2. The van der Waals surface area contributed by atoms with Crippen LogP contribution in [0.4, 0.5) is 0 Å². The number of aliphatic imine (C=N–C) groups is 1. The predicted octanol–water partition coefficient (Wildman–Crippen LogP) is -0.741. The van der Waals surface area contributed by atoms with E-state index in [4.69, 9.17) is 22.6 Å².